The highest BCUT2D eigenvalue weighted by Gasteiger charge is 2.36. The van der Waals surface area contributed by atoms with E-state index in [4.69, 9.17) is 4.74 Å². The first-order valence-electron chi connectivity index (χ1n) is 11.9. The molecule has 0 saturated carbocycles. The van der Waals surface area contributed by atoms with Gasteiger partial charge in [-0.3, -0.25) is 4.68 Å². The summed E-state index contributed by atoms with van der Waals surface area (Å²) >= 11 is 0. The molecular formula is C22H27F3N8O3S. The molecule has 37 heavy (non-hydrogen) atoms. The third kappa shape index (κ3) is 5.62. The second-order valence-electron chi connectivity index (χ2n) is 9.33. The molecule has 0 unspecified atom stereocenters. The monoisotopic (exact) mass is 540 g/mol. The second kappa shape index (κ2) is 10.0. The van der Waals surface area contributed by atoms with Crippen LogP contribution in [0.15, 0.2) is 36.1 Å². The highest BCUT2D eigenvalue weighted by Crippen LogP contribution is 2.36. The van der Waals surface area contributed by atoms with Crippen molar-refractivity contribution in [3.8, 4) is 11.3 Å². The molecule has 5 heterocycles. The van der Waals surface area contributed by atoms with E-state index in [-0.39, 0.29) is 47.3 Å². The van der Waals surface area contributed by atoms with Crippen molar-refractivity contribution in [3.05, 3.63) is 36.7 Å². The van der Waals surface area contributed by atoms with Crippen molar-refractivity contribution in [1.82, 2.24) is 33.6 Å². The largest absolute Gasteiger partial charge is 0.419 e. The summed E-state index contributed by atoms with van der Waals surface area (Å²) < 4.78 is 76.7. The first-order chi connectivity index (χ1) is 17.6. The average Bonchev–Trinajstić information content (AvgIpc) is 3.62. The van der Waals surface area contributed by atoms with Crippen molar-refractivity contribution in [2.75, 3.05) is 31.6 Å². The number of hydrogen-bond donors (Lipinski definition) is 1. The Kier molecular flexibility index (Phi) is 6.93. The Bertz CT molecular complexity index is 1340. The number of sulfonamides is 1. The summed E-state index contributed by atoms with van der Waals surface area (Å²) in [6, 6.07) is -0.204. The van der Waals surface area contributed by atoms with Crippen LogP contribution in [0.4, 0.5) is 19.1 Å². The van der Waals surface area contributed by atoms with E-state index in [1.807, 2.05) is 0 Å². The molecule has 0 aromatic carbocycles. The van der Waals surface area contributed by atoms with Crippen LogP contribution >= 0.6 is 0 Å². The maximum atomic E-state index is 13.7. The van der Waals surface area contributed by atoms with Crippen LogP contribution in [0.5, 0.6) is 0 Å². The Balaban J connectivity index is 1.29. The van der Waals surface area contributed by atoms with Gasteiger partial charge in [-0.2, -0.15) is 22.6 Å². The van der Waals surface area contributed by atoms with Gasteiger partial charge in [-0.15, -0.1) is 0 Å². The molecule has 0 bridgehead atoms. The van der Waals surface area contributed by atoms with Crippen LogP contribution in [-0.4, -0.2) is 74.4 Å². The molecule has 15 heteroatoms. The van der Waals surface area contributed by atoms with Crippen LogP contribution in [0.25, 0.3) is 11.3 Å². The maximum absolute atomic E-state index is 13.7. The Morgan fingerprint density at radius 3 is 2.57 bits per heavy atom. The van der Waals surface area contributed by atoms with Crippen LogP contribution in [0.3, 0.4) is 0 Å². The van der Waals surface area contributed by atoms with Gasteiger partial charge in [-0.05, 0) is 19.3 Å². The van der Waals surface area contributed by atoms with Crippen LogP contribution < -0.4 is 5.32 Å². The zero-order valence-corrected chi connectivity index (χ0v) is 20.9. The normalized spacial score (nSPS) is 19.9. The zero-order valence-electron chi connectivity index (χ0n) is 20.1. The molecule has 3 aromatic rings. The predicted molar refractivity (Wildman–Crippen MR) is 126 cm³/mol. The Morgan fingerprint density at radius 1 is 1.14 bits per heavy atom. The molecule has 1 N–H and O–H groups in total. The number of nitrogens with zero attached hydrogens (tertiary/aromatic N) is 7. The summed E-state index contributed by atoms with van der Waals surface area (Å²) in [5, 5.41) is 7.29. The smallest absolute Gasteiger partial charge is 0.381 e. The summed E-state index contributed by atoms with van der Waals surface area (Å²) in [5.74, 6) is 0.316. The molecule has 0 radical (unpaired) electrons. The lowest BCUT2D eigenvalue weighted by Crippen LogP contribution is -2.42. The fraction of sp³-hybridized carbons (Fsp3) is 0.545. The molecule has 0 aliphatic carbocycles. The zero-order chi connectivity index (χ0) is 26.2. The molecule has 0 amide bonds. The molecule has 1 atom stereocenters. The Morgan fingerprint density at radius 2 is 1.92 bits per heavy atom. The highest BCUT2D eigenvalue weighted by molar-refractivity contribution is 7.89. The van der Waals surface area contributed by atoms with Crippen molar-refractivity contribution < 1.29 is 26.3 Å². The predicted octanol–water partition coefficient (Wildman–Crippen LogP) is 2.39. The number of rotatable bonds is 7. The third-order valence-corrected chi connectivity index (χ3v) is 8.33. The molecule has 2 fully saturated rings. The molecule has 11 nitrogen and oxygen atoms in total. The van der Waals surface area contributed by atoms with Gasteiger partial charge >= 0.3 is 6.18 Å². The van der Waals surface area contributed by atoms with E-state index < -0.39 is 21.8 Å². The Labute approximate surface area is 211 Å². The summed E-state index contributed by atoms with van der Waals surface area (Å²) in [4.78, 5) is 12.0. The standard InChI is InChI=1S/C22H27F3N8O3S/c1-31-12-19(27-14-31)37(34,35)33-5-2-17(3-6-33)29-21-26-9-18(22(23,24)25)20(30-21)16-8-28-32(11-16)10-15-4-7-36-13-15/h8-9,11-12,14-15,17H,2-7,10,13H2,1H3,(H,26,29,30)/t15-/m1/s1. The minimum Gasteiger partial charge on any atom is -0.381 e. The van der Waals surface area contributed by atoms with E-state index in [0.29, 0.717) is 32.6 Å². The molecule has 2 saturated heterocycles. The number of ether oxygens (including phenoxy) is 1. The number of aryl methyl sites for hydroxylation is 1. The van der Waals surface area contributed by atoms with Gasteiger partial charge in [-0.1, -0.05) is 0 Å². The lowest BCUT2D eigenvalue weighted by Gasteiger charge is -2.31. The summed E-state index contributed by atoms with van der Waals surface area (Å²) in [7, 11) is -2.02. The summed E-state index contributed by atoms with van der Waals surface area (Å²) in [6.07, 6.45) is 3.69. The van der Waals surface area contributed by atoms with Gasteiger partial charge in [0, 0.05) is 69.4 Å². The number of hydrogen-bond acceptors (Lipinski definition) is 8. The van der Waals surface area contributed by atoms with E-state index in [0.717, 1.165) is 12.6 Å². The van der Waals surface area contributed by atoms with Crippen molar-refractivity contribution in [3.63, 3.8) is 0 Å². The Hall–Kier alpha value is -3.04. The third-order valence-electron chi connectivity index (χ3n) is 6.54. The number of piperidine rings is 1. The van der Waals surface area contributed by atoms with Crippen molar-refractivity contribution in [1.29, 1.82) is 0 Å². The van der Waals surface area contributed by atoms with E-state index in [9.17, 15) is 21.6 Å². The lowest BCUT2D eigenvalue weighted by atomic mass is 10.1. The minimum absolute atomic E-state index is 0.0156. The van der Waals surface area contributed by atoms with Gasteiger partial charge in [0.2, 0.25) is 5.95 Å². The summed E-state index contributed by atoms with van der Waals surface area (Å²) in [6.45, 7) is 2.31. The van der Waals surface area contributed by atoms with E-state index >= 15 is 0 Å². The molecule has 0 spiro atoms. The molecule has 3 aromatic heterocycles. The second-order valence-corrected chi connectivity index (χ2v) is 11.2. The number of imidazole rings is 1. The number of alkyl halides is 3. The fourth-order valence-corrected chi connectivity index (χ4v) is 5.97. The number of halogens is 3. The number of aromatic nitrogens is 6. The minimum atomic E-state index is -4.64. The quantitative estimate of drug-likeness (QED) is 0.485. The lowest BCUT2D eigenvalue weighted by molar-refractivity contribution is -0.137. The van der Waals surface area contributed by atoms with E-state index in [1.54, 1.807) is 22.5 Å². The van der Waals surface area contributed by atoms with Crippen molar-refractivity contribution >= 4 is 16.0 Å². The summed E-state index contributed by atoms with van der Waals surface area (Å²) in [5.41, 5.74) is -0.958. The van der Waals surface area contributed by atoms with Gasteiger partial charge in [0.1, 0.15) is 5.56 Å². The van der Waals surface area contributed by atoms with Gasteiger partial charge in [0.25, 0.3) is 10.0 Å². The SMILES string of the molecule is Cn1cnc(S(=O)(=O)N2CCC(Nc3ncc(C(F)(F)F)c(-c4cnn(C[C@H]5CCOC5)c4)n3)CC2)c1. The van der Waals surface area contributed by atoms with E-state index in [2.05, 4.69) is 25.4 Å². The first kappa shape index (κ1) is 25.6. The van der Waals surface area contributed by atoms with E-state index in [1.165, 1.54) is 23.0 Å². The number of anilines is 1. The van der Waals surface area contributed by atoms with Gasteiger partial charge in [0.15, 0.2) is 5.03 Å². The molecule has 200 valence electrons. The van der Waals surface area contributed by atoms with Gasteiger partial charge < -0.3 is 14.6 Å². The maximum Gasteiger partial charge on any atom is 0.419 e. The van der Waals surface area contributed by atoms with Crippen molar-refractivity contribution in [2.24, 2.45) is 13.0 Å². The highest BCUT2D eigenvalue weighted by atomic mass is 32.2. The van der Waals surface area contributed by atoms with Gasteiger partial charge in [0.05, 0.1) is 24.8 Å². The van der Waals surface area contributed by atoms with Gasteiger partial charge in [-0.25, -0.2) is 23.4 Å². The topological polar surface area (TPSA) is 120 Å². The average molecular weight is 541 g/mol. The molecule has 2 aliphatic heterocycles. The molecule has 2 aliphatic rings. The van der Waals surface area contributed by atoms with Crippen LogP contribution in [0.2, 0.25) is 0 Å². The molecule has 5 rings (SSSR count). The van der Waals surface area contributed by atoms with Crippen LogP contribution in [0, 0.1) is 5.92 Å². The van der Waals surface area contributed by atoms with Crippen LogP contribution in [0.1, 0.15) is 24.8 Å². The fourth-order valence-electron chi connectivity index (χ4n) is 4.53. The van der Waals surface area contributed by atoms with Crippen LogP contribution in [-0.2, 0) is 34.5 Å². The first-order valence-corrected chi connectivity index (χ1v) is 13.3. The number of nitrogens with one attached hydrogen (secondary N) is 1. The van der Waals surface area contributed by atoms with Crippen molar-refractivity contribution in [2.45, 2.75) is 43.1 Å². The molecular weight excluding hydrogens is 513 g/mol.